The van der Waals surface area contributed by atoms with Crippen molar-refractivity contribution in [3.8, 4) is 5.75 Å². The molecule has 2 rings (SSSR count). The molecule has 0 radical (unpaired) electrons. The van der Waals surface area contributed by atoms with Gasteiger partial charge in [0.15, 0.2) is 0 Å². The number of aliphatic hydroxyl groups excluding tert-OH is 1. The minimum atomic E-state index is -0.00598. The SMILES string of the molecule is CC1CCN(Cc2c(O)cccc2CO)CC1. The second-order valence-electron chi connectivity index (χ2n) is 5.03. The van der Waals surface area contributed by atoms with Crippen LogP contribution in [-0.4, -0.2) is 28.2 Å². The van der Waals surface area contributed by atoms with Crippen LogP contribution in [0.25, 0.3) is 0 Å². The highest BCUT2D eigenvalue weighted by atomic mass is 16.3. The molecule has 1 heterocycles. The van der Waals surface area contributed by atoms with Gasteiger partial charge in [-0.25, -0.2) is 0 Å². The Balaban J connectivity index is 2.07. The Morgan fingerprint density at radius 2 is 2.00 bits per heavy atom. The van der Waals surface area contributed by atoms with Crippen LogP contribution in [0.5, 0.6) is 5.75 Å². The molecule has 3 nitrogen and oxygen atoms in total. The zero-order chi connectivity index (χ0) is 12.3. The van der Waals surface area contributed by atoms with Crippen molar-refractivity contribution in [1.82, 2.24) is 4.90 Å². The van der Waals surface area contributed by atoms with Gasteiger partial charge in [0.1, 0.15) is 5.75 Å². The molecule has 1 aromatic carbocycles. The van der Waals surface area contributed by atoms with Crippen LogP contribution in [0.4, 0.5) is 0 Å². The summed E-state index contributed by atoms with van der Waals surface area (Å²) in [6.07, 6.45) is 2.45. The number of rotatable bonds is 3. The van der Waals surface area contributed by atoms with Gasteiger partial charge in [-0.15, -0.1) is 0 Å². The van der Waals surface area contributed by atoms with Crippen LogP contribution in [0.15, 0.2) is 18.2 Å². The lowest BCUT2D eigenvalue weighted by molar-refractivity contribution is 0.181. The molecule has 1 fully saturated rings. The third-order valence-corrected chi connectivity index (χ3v) is 3.68. The number of benzene rings is 1. The van der Waals surface area contributed by atoms with Gasteiger partial charge in [-0.05, 0) is 43.5 Å². The number of hydrogen-bond acceptors (Lipinski definition) is 3. The van der Waals surface area contributed by atoms with Gasteiger partial charge >= 0.3 is 0 Å². The van der Waals surface area contributed by atoms with Gasteiger partial charge in [0.2, 0.25) is 0 Å². The number of aliphatic hydroxyl groups is 1. The Morgan fingerprint density at radius 1 is 1.29 bits per heavy atom. The molecule has 2 N–H and O–H groups in total. The Bertz CT molecular complexity index is 370. The van der Waals surface area contributed by atoms with Crippen LogP contribution in [0.2, 0.25) is 0 Å². The number of piperidine rings is 1. The predicted molar refractivity (Wildman–Crippen MR) is 67.7 cm³/mol. The van der Waals surface area contributed by atoms with Crippen LogP contribution < -0.4 is 0 Å². The molecule has 0 saturated carbocycles. The van der Waals surface area contributed by atoms with E-state index in [1.54, 1.807) is 12.1 Å². The van der Waals surface area contributed by atoms with E-state index >= 15 is 0 Å². The second kappa shape index (κ2) is 5.52. The van der Waals surface area contributed by atoms with E-state index in [-0.39, 0.29) is 6.61 Å². The van der Waals surface area contributed by atoms with Crippen molar-refractivity contribution >= 4 is 0 Å². The summed E-state index contributed by atoms with van der Waals surface area (Å²) in [6.45, 7) is 5.19. The molecule has 1 aliphatic rings. The summed E-state index contributed by atoms with van der Waals surface area (Å²) in [5.74, 6) is 1.11. The van der Waals surface area contributed by atoms with Crippen LogP contribution in [0, 0.1) is 5.92 Å². The first-order valence-electron chi connectivity index (χ1n) is 6.33. The van der Waals surface area contributed by atoms with Gasteiger partial charge in [0.25, 0.3) is 0 Å². The lowest BCUT2D eigenvalue weighted by atomic mass is 9.98. The lowest BCUT2D eigenvalue weighted by Crippen LogP contribution is -2.32. The van der Waals surface area contributed by atoms with E-state index in [0.29, 0.717) is 5.75 Å². The number of nitrogens with zero attached hydrogens (tertiary/aromatic N) is 1. The maximum atomic E-state index is 9.87. The number of likely N-dealkylation sites (tertiary alicyclic amines) is 1. The van der Waals surface area contributed by atoms with E-state index in [0.717, 1.165) is 36.7 Å². The summed E-state index contributed by atoms with van der Waals surface area (Å²) in [4.78, 5) is 2.36. The third-order valence-electron chi connectivity index (χ3n) is 3.68. The molecule has 17 heavy (non-hydrogen) atoms. The van der Waals surface area contributed by atoms with E-state index < -0.39 is 0 Å². The summed E-state index contributed by atoms with van der Waals surface area (Å²) >= 11 is 0. The molecular formula is C14H21NO2. The molecule has 0 atom stereocenters. The van der Waals surface area contributed by atoms with Gasteiger partial charge in [-0.3, -0.25) is 4.90 Å². The Kier molecular flexibility index (Phi) is 4.02. The minimum absolute atomic E-state index is 0.00598. The summed E-state index contributed by atoms with van der Waals surface area (Å²) in [5, 5.41) is 19.2. The molecule has 1 aliphatic heterocycles. The molecule has 0 bridgehead atoms. The van der Waals surface area contributed by atoms with Crippen molar-refractivity contribution in [3.63, 3.8) is 0 Å². The largest absolute Gasteiger partial charge is 0.508 e. The topological polar surface area (TPSA) is 43.7 Å². The first kappa shape index (κ1) is 12.4. The van der Waals surface area contributed by atoms with Gasteiger partial charge < -0.3 is 10.2 Å². The second-order valence-corrected chi connectivity index (χ2v) is 5.03. The standard InChI is InChI=1S/C14H21NO2/c1-11-5-7-15(8-6-11)9-13-12(10-16)3-2-4-14(13)17/h2-4,11,16-17H,5-10H2,1H3. The molecular weight excluding hydrogens is 214 g/mol. The monoisotopic (exact) mass is 235 g/mol. The molecule has 0 aliphatic carbocycles. The molecule has 0 aromatic heterocycles. The highest BCUT2D eigenvalue weighted by molar-refractivity contribution is 5.38. The van der Waals surface area contributed by atoms with Crippen LogP contribution in [-0.2, 0) is 13.2 Å². The van der Waals surface area contributed by atoms with Gasteiger partial charge in [0.05, 0.1) is 6.61 Å². The van der Waals surface area contributed by atoms with Crippen molar-refractivity contribution in [3.05, 3.63) is 29.3 Å². The number of hydrogen-bond donors (Lipinski definition) is 2. The summed E-state index contributed by atoms with van der Waals surface area (Å²) in [7, 11) is 0. The van der Waals surface area contributed by atoms with Gasteiger partial charge in [-0.2, -0.15) is 0 Å². The zero-order valence-corrected chi connectivity index (χ0v) is 10.4. The molecule has 1 aromatic rings. The Morgan fingerprint density at radius 3 is 2.65 bits per heavy atom. The smallest absolute Gasteiger partial charge is 0.120 e. The molecule has 3 heteroatoms. The minimum Gasteiger partial charge on any atom is -0.508 e. The molecule has 0 amide bonds. The van der Waals surface area contributed by atoms with Crippen molar-refractivity contribution in [2.45, 2.75) is 32.9 Å². The summed E-state index contributed by atoms with van der Waals surface area (Å²) in [5.41, 5.74) is 1.72. The predicted octanol–water partition coefficient (Wildman–Crippen LogP) is 2.12. The number of phenolic OH excluding ortho intramolecular Hbond substituents is 1. The Hall–Kier alpha value is -1.06. The van der Waals surface area contributed by atoms with E-state index in [1.807, 2.05) is 6.07 Å². The van der Waals surface area contributed by atoms with Crippen molar-refractivity contribution in [1.29, 1.82) is 0 Å². The number of aromatic hydroxyl groups is 1. The average molecular weight is 235 g/mol. The molecule has 0 unspecified atom stereocenters. The molecule has 94 valence electrons. The fourth-order valence-corrected chi connectivity index (χ4v) is 2.40. The fourth-order valence-electron chi connectivity index (χ4n) is 2.40. The molecule has 1 saturated heterocycles. The fraction of sp³-hybridized carbons (Fsp3) is 0.571. The van der Waals surface area contributed by atoms with Gasteiger partial charge in [0, 0.05) is 12.1 Å². The van der Waals surface area contributed by atoms with E-state index in [1.165, 1.54) is 12.8 Å². The molecule has 0 spiro atoms. The van der Waals surface area contributed by atoms with Crippen LogP contribution in [0.1, 0.15) is 30.9 Å². The Labute approximate surface area is 103 Å². The third kappa shape index (κ3) is 2.99. The van der Waals surface area contributed by atoms with Crippen molar-refractivity contribution < 1.29 is 10.2 Å². The van der Waals surface area contributed by atoms with Gasteiger partial charge in [-0.1, -0.05) is 19.1 Å². The van der Waals surface area contributed by atoms with Crippen LogP contribution in [0.3, 0.4) is 0 Å². The normalized spacial score (nSPS) is 18.5. The average Bonchev–Trinajstić information content (AvgIpc) is 2.34. The van der Waals surface area contributed by atoms with E-state index in [4.69, 9.17) is 0 Å². The van der Waals surface area contributed by atoms with E-state index in [2.05, 4.69) is 11.8 Å². The van der Waals surface area contributed by atoms with Crippen molar-refractivity contribution in [2.24, 2.45) is 5.92 Å². The maximum Gasteiger partial charge on any atom is 0.120 e. The highest BCUT2D eigenvalue weighted by Gasteiger charge is 2.18. The highest BCUT2D eigenvalue weighted by Crippen LogP contribution is 2.25. The summed E-state index contributed by atoms with van der Waals surface area (Å²) < 4.78 is 0. The number of phenols is 1. The first-order valence-corrected chi connectivity index (χ1v) is 6.33. The van der Waals surface area contributed by atoms with Crippen molar-refractivity contribution in [2.75, 3.05) is 13.1 Å². The quantitative estimate of drug-likeness (QED) is 0.843. The lowest BCUT2D eigenvalue weighted by Gasteiger charge is -2.30. The first-order chi connectivity index (χ1) is 8.20. The van der Waals surface area contributed by atoms with Crippen LogP contribution >= 0.6 is 0 Å². The summed E-state index contributed by atoms with van der Waals surface area (Å²) in [6, 6.07) is 5.35. The maximum absolute atomic E-state index is 9.87. The zero-order valence-electron chi connectivity index (χ0n) is 10.4. The van der Waals surface area contributed by atoms with E-state index in [9.17, 15) is 10.2 Å².